The van der Waals surface area contributed by atoms with Gasteiger partial charge in [-0.1, -0.05) is 36.2 Å². The van der Waals surface area contributed by atoms with Gasteiger partial charge in [-0.2, -0.15) is 0 Å². The summed E-state index contributed by atoms with van der Waals surface area (Å²) >= 11 is 0. The predicted octanol–water partition coefficient (Wildman–Crippen LogP) is 4.42. The molecular weight excluding hydrogens is 328 g/mol. The molecule has 0 bridgehead atoms. The fourth-order valence-corrected chi connectivity index (χ4v) is 2.46. The second-order valence-corrected chi connectivity index (χ2v) is 6.25. The third-order valence-corrected chi connectivity index (χ3v) is 3.86. The van der Waals surface area contributed by atoms with E-state index in [2.05, 4.69) is 10.6 Å². The van der Waals surface area contributed by atoms with Crippen molar-refractivity contribution in [2.24, 2.45) is 0 Å². The molecule has 0 radical (unpaired) electrons. The SMILES string of the molecule is CC(=O)NCCCCCC(=O)Nc1ccccc1Oc1ccc(C)cc1. The molecule has 0 fully saturated rings. The van der Waals surface area contributed by atoms with Crippen LogP contribution < -0.4 is 15.4 Å². The minimum Gasteiger partial charge on any atom is -0.455 e. The number of rotatable bonds is 9. The van der Waals surface area contributed by atoms with Crippen molar-refractivity contribution in [3.8, 4) is 11.5 Å². The zero-order valence-corrected chi connectivity index (χ0v) is 15.4. The molecule has 5 nitrogen and oxygen atoms in total. The number of nitrogens with one attached hydrogen (secondary N) is 2. The normalized spacial score (nSPS) is 10.2. The van der Waals surface area contributed by atoms with E-state index in [9.17, 15) is 9.59 Å². The number of aryl methyl sites for hydroxylation is 1. The molecule has 0 heterocycles. The van der Waals surface area contributed by atoms with Crippen molar-refractivity contribution in [3.05, 3.63) is 54.1 Å². The molecule has 2 rings (SSSR count). The van der Waals surface area contributed by atoms with Crippen LogP contribution in [0.4, 0.5) is 5.69 Å². The van der Waals surface area contributed by atoms with Gasteiger partial charge in [0, 0.05) is 19.9 Å². The Labute approximate surface area is 154 Å². The molecule has 2 aromatic rings. The van der Waals surface area contributed by atoms with Gasteiger partial charge in [-0.3, -0.25) is 9.59 Å². The maximum atomic E-state index is 12.2. The van der Waals surface area contributed by atoms with Gasteiger partial charge in [0.15, 0.2) is 5.75 Å². The van der Waals surface area contributed by atoms with Crippen molar-refractivity contribution in [1.82, 2.24) is 5.32 Å². The predicted molar refractivity (Wildman–Crippen MR) is 103 cm³/mol. The molecule has 0 aliphatic heterocycles. The van der Waals surface area contributed by atoms with Gasteiger partial charge >= 0.3 is 0 Å². The fraction of sp³-hybridized carbons (Fsp3) is 0.333. The first-order valence-electron chi connectivity index (χ1n) is 8.92. The molecule has 5 heteroatoms. The maximum Gasteiger partial charge on any atom is 0.224 e. The number of hydrogen-bond acceptors (Lipinski definition) is 3. The Bertz CT molecular complexity index is 726. The second kappa shape index (κ2) is 10.2. The average Bonchev–Trinajstić information content (AvgIpc) is 2.61. The third-order valence-electron chi connectivity index (χ3n) is 3.86. The lowest BCUT2D eigenvalue weighted by atomic mass is 10.2. The highest BCUT2D eigenvalue weighted by atomic mass is 16.5. The Morgan fingerprint density at radius 1 is 0.962 bits per heavy atom. The molecule has 2 amide bonds. The van der Waals surface area contributed by atoms with Crippen molar-refractivity contribution in [3.63, 3.8) is 0 Å². The van der Waals surface area contributed by atoms with E-state index in [0.717, 1.165) is 30.6 Å². The summed E-state index contributed by atoms with van der Waals surface area (Å²) < 4.78 is 5.89. The Morgan fingerprint density at radius 3 is 2.42 bits per heavy atom. The smallest absolute Gasteiger partial charge is 0.224 e. The molecule has 138 valence electrons. The van der Waals surface area contributed by atoms with Gasteiger partial charge < -0.3 is 15.4 Å². The van der Waals surface area contributed by atoms with Crippen LogP contribution in [-0.4, -0.2) is 18.4 Å². The molecule has 0 saturated carbocycles. The van der Waals surface area contributed by atoms with Gasteiger partial charge in [-0.05, 0) is 44.0 Å². The standard InChI is InChI=1S/C21H26N2O3/c1-16-11-13-18(14-12-16)26-20-9-6-5-8-19(20)23-21(25)10-4-3-7-15-22-17(2)24/h5-6,8-9,11-14H,3-4,7,10,15H2,1-2H3,(H,22,24)(H,23,25). The molecule has 0 unspecified atom stereocenters. The van der Waals surface area contributed by atoms with E-state index in [1.165, 1.54) is 6.92 Å². The summed E-state index contributed by atoms with van der Waals surface area (Å²) in [5.41, 5.74) is 1.83. The quantitative estimate of drug-likeness (QED) is 0.655. The zero-order valence-electron chi connectivity index (χ0n) is 15.4. The van der Waals surface area contributed by atoms with Crippen LogP contribution in [0, 0.1) is 6.92 Å². The summed E-state index contributed by atoms with van der Waals surface area (Å²) in [4.78, 5) is 22.9. The highest BCUT2D eigenvalue weighted by Gasteiger charge is 2.08. The van der Waals surface area contributed by atoms with Crippen LogP contribution in [0.5, 0.6) is 11.5 Å². The van der Waals surface area contributed by atoms with Crippen molar-refractivity contribution in [2.45, 2.75) is 39.5 Å². The number of anilines is 1. The number of ether oxygens (including phenoxy) is 1. The minimum atomic E-state index is -0.0375. The number of para-hydroxylation sites is 2. The molecular formula is C21H26N2O3. The van der Waals surface area contributed by atoms with Gasteiger partial charge in [0.1, 0.15) is 5.75 Å². The number of unbranched alkanes of at least 4 members (excludes halogenated alkanes) is 2. The number of amides is 2. The molecule has 0 aliphatic rings. The Morgan fingerprint density at radius 2 is 1.69 bits per heavy atom. The van der Waals surface area contributed by atoms with Crippen molar-refractivity contribution in [2.75, 3.05) is 11.9 Å². The van der Waals surface area contributed by atoms with Gasteiger partial charge in [-0.25, -0.2) is 0 Å². The summed E-state index contributed by atoms with van der Waals surface area (Å²) in [5, 5.41) is 5.67. The van der Waals surface area contributed by atoms with Crippen LogP contribution in [0.15, 0.2) is 48.5 Å². The Hall–Kier alpha value is -2.82. The number of carbonyl (C=O) groups is 2. The Kier molecular flexibility index (Phi) is 7.68. The second-order valence-electron chi connectivity index (χ2n) is 6.25. The van der Waals surface area contributed by atoms with Crippen LogP contribution in [0.2, 0.25) is 0 Å². The number of hydrogen-bond donors (Lipinski definition) is 2. The summed E-state index contributed by atoms with van der Waals surface area (Å²) in [6.07, 6.45) is 3.00. The van der Waals surface area contributed by atoms with Gasteiger partial charge in [-0.15, -0.1) is 0 Å². The highest BCUT2D eigenvalue weighted by Crippen LogP contribution is 2.29. The summed E-state index contributed by atoms with van der Waals surface area (Å²) in [6.45, 7) is 4.18. The van der Waals surface area contributed by atoms with Gasteiger partial charge in [0.25, 0.3) is 0 Å². The van der Waals surface area contributed by atoms with E-state index in [1.54, 1.807) is 0 Å². The summed E-state index contributed by atoms with van der Waals surface area (Å²) in [7, 11) is 0. The van der Waals surface area contributed by atoms with E-state index in [4.69, 9.17) is 4.74 Å². The minimum absolute atomic E-state index is 0.0204. The van der Waals surface area contributed by atoms with Gasteiger partial charge in [0.2, 0.25) is 11.8 Å². The van der Waals surface area contributed by atoms with Crippen molar-refractivity contribution in [1.29, 1.82) is 0 Å². The topological polar surface area (TPSA) is 67.4 Å². The number of carbonyl (C=O) groups excluding carboxylic acids is 2. The largest absolute Gasteiger partial charge is 0.455 e. The molecule has 0 saturated heterocycles. The lowest BCUT2D eigenvalue weighted by Gasteiger charge is -2.12. The van der Waals surface area contributed by atoms with E-state index < -0.39 is 0 Å². The molecule has 0 spiro atoms. The summed E-state index contributed by atoms with van der Waals surface area (Å²) in [5.74, 6) is 1.29. The zero-order chi connectivity index (χ0) is 18.8. The maximum absolute atomic E-state index is 12.2. The van der Waals surface area contributed by atoms with E-state index in [0.29, 0.717) is 24.4 Å². The van der Waals surface area contributed by atoms with Crippen LogP contribution in [0.25, 0.3) is 0 Å². The first-order valence-corrected chi connectivity index (χ1v) is 8.92. The monoisotopic (exact) mass is 354 g/mol. The first-order chi connectivity index (χ1) is 12.5. The highest BCUT2D eigenvalue weighted by molar-refractivity contribution is 5.92. The molecule has 0 aliphatic carbocycles. The lowest BCUT2D eigenvalue weighted by Crippen LogP contribution is -2.20. The molecule has 2 aromatic carbocycles. The van der Waals surface area contributed by atoms with E-state index >= 15 is 0 Å². The molecule has 0 aromatic heterocycles. The van der Waals surface area contributed by atoms with Crippen LogP contribution in [0.1, 0.15) is 38.2 Å². The number of benzene rings is 2. The van der Waals surface area contributed by atoms with Crippen LogP contribution in [-0.2, 0) is 9.59 Å². The summed E-state index contributed by atoms with van der Waals surface area (Å²) in [6, 6.07) is 15.2. The third kappa shape index (κ3) is 6.97. The lowest BCUT2D eigenvalue weighted by molar-refractivity contribution is -0.119. The first kappa shape index (κ1) is 19.5. The molecule has 0 atom stereocenters. The van der Waals surface area contributed by atoms with Crippen LogP contribution in [0.3, 0.4) is 0 Å². The average molecular weight is 354 g/mol. The van der Waals surface area contributed by atoms with Gasteiger partial charge in [0.05, 0.1) is 5.69 Å². The van der Waals surface area contributed by atoms with Crippen molar-refractivity contribution < 1.29 is 14.3 Å². The Balaban J connectivity index is 1.82. The van der Waals surface area contributed by atoms with Crippen LogP contribution >= 0.6 is 0 Å². The van der Waals surface area contributed by atoms with E-state index in [-0.39, 0.29) is 11.8 Å². The fourth-order valence-electron chi connectivity index (χ4n) is 2.46. The van der Waals surface area contributed by atoms with Crippen molar-refractivity contribution >= 4 is 17.5 Å². The van der Waals surface area contributed by atoms with E-state index in [1.807, 2.05) is 55.5 Å². The molecule has 2 N–H and O–H groups in total. The molecule has 26 heavy (non-hydrogen) atoms.